The molecule has 12 nitrogen and oxygen atoms in total. The molecule has 0 unspecified atom stereocenters. The van der Waals surface area contributed by atoms with Crippen LogP contribution in [0, 0.1) is 5.41 Å². The van der Waals surface area contributed by atoms with Crippen LogP contribution in [-0.4, -0.2) is 76.5 Å². The van der Waals surface area contributed by atoms with Gasteiger partial charge in [0.05, 0.1) is 52.4 Å². The van der Waals surface area contributed by atoms with Crippen LogP contribution in [0.3, 0.4) is 0 Å². The van der Waals surface area contributed by atoms with Gasteiger partial charge in [-0.25, -0.2) is 19.2 Å². The summed E-state index contributed by atoms with van der Waals surface area (Å²) in [5, 5.41) is 0. The standard InChI is InChI=1S/C19H24O12/c1-19(2)13(17(24)30-9(15(22)28-5)7-11(20)26-3)14(19)18(25)31-10(16(23)29-6)8-12(21)27-4/h9-10H,7-8H2,1-6H3/t9-,10-/m0/s1. The van der Waals surface area contributed by atoms with Crippen LogP contribution in [0.1, 0.15) is 26.7 Å². The van der Waals surface area contributed by atoms with E-state index in [4.69, 9.17) is 9.47 Å². The van der Waals surface area contributed by atoms with Crippen LogP contribution in [0.4, 0.5) is 0 Å². The van der Waals surface area contributed by atoms with E-state index in [0.717, 1.165) is 28.4 Å². The number of esters is 6. The van der Waals surface area contributed by atoms with Crippen LogP contribution in [0.2, 0.25) is 0 Å². The molecule has 1 rings (SSSR count). The van der Waals surface area contributed by atoms with E-state index in [0.29, 0.717) is 0 Å². The first-order valence-corrected chi connectivity index (χ1v) is 8.90. The van der Waals surface area contributed by atoms with Crippen molar-refractivity contribution in [3.63, 3.8) is 0 Å². The zero-order chi connectivity index (χ0) is 23.9. The molecule has 0 bridgehead atoms. The maximum Gasteiger partial charge on any atom is 0.347 e. The Bertz CT molecular complexity index is 743. The Morgan fingerprint density at radius 2 is 0.968 bits per heavy atom. The molecular formula is C19H24O12. The van der Waals surface area contributed by atoms with Crippen molar-refractivity contribution in [3.8, 4) is 0 Å². The first-order chi connectivity index (χ1) is 14.4. The highest BCUT2D eigenvalue weighted by Crippen LogP contribution is 2.53. The minimum atomic E-state index is -1.59. The highest BCUT2D eigenvalue weighted by atomic mass is 16.6. The number of hydrogen-bond donors (Lipinski definition) is 0. The molecule has 0 spiro atoms. The van der Waals surface area contributed by atoms with Crippen molar-refractivity contribution in [2.45, 2.75) is 38.9 Å². The van der Waals surface area contributed by atoms with Crippen LogP contribution >= 0.6 is 0 Å². The van der Waals surface area contributed by atoms with Crippen molar-refractivity contribution >= 4 is 35.8 Å². The zero-order valence-corrected chi connectivity index (χ0v) is 18.0. The van der Waals surface area contributed by atoms with Gasteiger partial charge in [0.1, 0.15) is 0 Å². The Balaban J connectivity index is 3.02. The van der Waals surface area contributed by atoms with Crippen molar-refractivity contribution in [3.05, 3.63) is 11.1 Å². The summed E-state index contributed by atoms with van der Waals surface area (Å²) in [6.45, 7) is 3.00. The fourth-order valence-corrected chi connectivity index (χ4v) is 2.64. The monoisotopic (exact) mass is 444 g/mol. The van der Waals surface area contributed by atoms with Gasteiger partial charge in [0, 0.05) is 5.41 Å². The summed E-state index contributed by atoms with van der Waals surface area (Å²) in [5.74, 6) is -5.75. The van der Waals surface area contributed by atoms with Gasteiger partial charge >= 0.3 is 35.8 Å². The average molecular weight is 444 g/mol. The Labute approximate surface area is 177 Å². The Morgan fingerprint density at radius 1 is 0.645 bits per heavy atom. The van der Waals surface area contributed by atoms with E-state index in [-0.39, 0.29) is 11.1 Å². The normalized spacial score (nSPS) is 15.7. The molecule has 31 heavy (non-hydrogen) atoms. The summed E-state index contributed by atoms with van der Waals surface area (Å²) in [6, 6.07) is 0. The second-order valence-electron chi connectivity index (χ2n) is 6.77. The van der Waals surface area contributed by atoms with Gasteiger partial charge in [-0.3, -0.25) is 9.59 Å². The molecule has 0 saturated heterocycles. The predicted octanol–water partition coefficient (Wildman–Crippen LogP) is -0.381. The summed E-state index contributed by atoms with van der Waals surface area (Å²) in [4.78, 5) is 71.5. The number of carbonyl (C=O) groups is 6. The van der Waals surface area contributed by atoms with Gasteiger partial charge in [-0.05, 0) is 0 Å². The lowest BCUT2D eigenvalue weighted by molar-refractivity contribution is -0.168. The average Bonchev–Trinajstić information content (AvgIpc) is 3.33. The van der Waals surface area contributed by atoms with E-state index in [1.165, 1.54) is 13.8 Å². The Kier molecular flexibility index (Phi) is 8.71. The molecule has 0 aromatic rings. The van der Waals surface area contributed by atoms with Crippen molar-refractivity contribution in [1.29, 1.82) is 0 Å². The molecule has 0 amide bonds. The summed E-state index contributed by atoms with van der Waals surface area (Å²) in [6.07, 6.45) is -4.36. The maximum atomic E-state index is 12.5. The molecule has 1 aliphatic rings. The second-order valence-corrected chi connectivity index (χ2v) is 6.77. The Hall–Kier alpha value is -3.44. The van der Waals surface area contributed by atoms with E-state index in [1.807, 2.05) is 0 Å². The SMILES string of the molecule is COC(=O)C[C@H](OC(=O)C1=C(C(=O)O[C@@H](CC(=O)OC)C(=O)OC)C1(C)C)C(=O)OC. The van der Waals surface area contributed by atoms with Gasteiger partial charge in [0.25, 0.3) is 0 Å². The Morgan fingerprint density at radius 3 is 1.23 bits per heavy atom. The first kappa shape index (κ1) is 25.6. The lowest BCUT2D eigenvalue weighted by atomic mass is 10.0. The summed E-state index contributed by atoms with van der Waals surface area (Å²) >= 11 is 0. The number of hydrogen-bond acceptors (Lipinski definition) is 12. The summed E-state index contributed by atoms with van der Waals surface area (Å²) in [7, 11) is 4.26. The molecule has 0 radical (unpaired) electrons. The third-order valence-corrected chi connectivity index (χ3v) is 4.43. The number of ether oxygens (including phenoxy) is 6. The van der Waals surface area contributed by atoms with Crippen molar-refractivity contribution in [2.24, 2.45) is 5.41 Å². The van der Waals surface area contributed by atoms with Crippen molar-refractivity contribution < 1.29 is 57.2 Å². The van der Waals surface area contributed by atoms with Crippen LogP contribution in [0.15, 0.2) is 11.1 Å². The lowest BCUT2D eigenvalue weighted by Gasteiger charge is -2.15. The maximum absolute atomic E-state index is 12.5. The zero-order valence-electron chi connectivity index (χ0n) is 18.0. The van der Waals surface area contributed by atoms with Crippen LogP contribution < -0.4 is 0 Å². The molecule has 12 heteroatoms. The third-order valence-electron chi connectivity index (χ3n) is 4.43. The second kappa shape index (κ2) is 10.5. The largest absolute Gasteiger partial charge is 0.469 e. The molecule has 0 saturated carbocycles. The van der Waals surface area contributed by atoms with Gasteiger partial charge in [-0.1, -0.05) is 13.8 Å². The first-order valence-electron chi connectivity index (χ1n) is 8.90. The fourth-order valence-electron chi connectivity index (χ4n) is 2.64. The predicted molar refractivity (Wildman–Crippen MR) is 97.9 cm³/mol. The van der Waals surface area contributed by atoms with Crippen molar-refractivity contribution in [2.75, 3.05) is 28.4 Å². The molecule has 0 heterocycles. The van der Waals surface area contributed by atoms with Crippen LogP contribution in [-0.2, 0) is 57.2 Å². The van der Waals surface area contributed by atoms with E-state index in [1.54, 1.807) is 0 Å². The molecule has 2 atom stereocenters. The van der Waals surface area contributed by atoms with E-state index in [9.17, 15) is 28.8 Å². The fraction of sp³-hybridized carbons (Fsp3) is 0.579. The topological polar surface area (TPSA) is 158 Å². The molecule has 0 aromatic heterocycles. The van der Waals surface area contributed by atoms with Gasteiger partial charge in [0.2, 0.25) is 12.2 Å². The molecule has 0 aromatic carbocycles. The highest BCUT2D eigenvalue weighted by Gasteiger charge is 2.56. The molecule has 1 aliphatic carbocycles. The smallest absolute Gasteiger partial charge is 0.347 e. The van der Waals surface area contributed by atoms with E-state index >= 15 is 0 Å². The summed E-state index contributed by atoms with van der Waals surface area (Å²) in [5.41, 5.74) is -1.36. The van der Waals surface area contributed by atoms with E-state index < -0.39 is 66.3 Å². The van der Waals surface area contributed by atoms with Crippen LogP contribution in [0.5, 0.6) is 0 Å². The third kappa shape index (κ3) is 6.27. The molecule has 0 N–H and O–H groups in total. The lowest BCUT2D eigenvalue weighted by Crippen LogP contribution is -2.31. The van der Waals surface area contributed by atoms with E-state index in [2.05, 4.69) is 18.9 Å². The van der Waals surface area contributed by atoms with Crippen molar-refractivity contribution in [1.82, 2.24) is 0 Å². The molecular weight excluding hydrogens is 420 g/mol. The van der Waals surface area contributed by atoms with Gasteiger partial charge < -0.3 is 28.4 Å². The highest BCUT2D eigenvalue weighted by molar-refractivity contribution is 6.12. The number of carbonyl (C=O) groups excluding carboxylic acids is 6. The number of methoxy groups -OCH3 is 4. The molecule has 172 valence electrons. The van der Waals surface area contributed by atoms with Gasteiger partial charge in [-0.15, -0.1) is 0 Å². The van der Waals surface area contributed by atoms with Gasteiger partial charge in [0.15, 0.2) is 0 Å². The number of rotatable bonds is 10. The minimum absolute atomic E-state index is 0.127. The quantitative estimate of drug-likeness (QED) is 0.318. The minimum Gasteiger partial charge on any atom is -0.469 e. The summed E-state index contributed by atoms with van der Waals surface area (Å²) < 4.78 is 27.9. The molecule has 0 aliphatic heterocycles. The molecule has 0 fully saturated rings. The van der Waals surface area contributed by atoms with Gasteiger partial charge in [-0.2, -0.15) is 0 Å². The van der Waals surface area contributed by atoms with Crippen LogP contribution in [0.25, 0.3) is 0 Å².